The first-order chi connectivity index (χ1) is 11.5. The molecule has 6 nitrogen and oxygen atoms in total. The Kier molecular flexibility index (Phi) is 4.88. The fourth-order valence-corrected chi connectivity index (χ4v) is 4.57. The maximum absolute atomic E-state index is 12.6. The molecule has 1 unspecified atom stereocenters. The summed E-state index contributed by atoms with van der Waals surface area (Å²) in [6.45, 7) is 3.50. The number of anilines is 1. The van der Waals surface area contributed by atoms with Gasteiger partial charge in [0.25, 0.3) is 15.9 Å². The third kappa shape index (κ3) is 3.77. The second-order valence-corrected chi connectivity index (χ2v) is 8.41. The van der Waals surface area contributed by atoms with Gasteiger partial charge >= 0.3 is 0 Å². The second kappa shape index (κ2) is 6.92. The van der Waals surface area contributed by atoms with Gasteiger partial charge in [-0.25, -0.2) is 8.42 Å². The highest BCUT2D eigenvalue weighted by Crippen LogP contribution is 2.21. The van der Waals surface area contributed by atoms with Crippen LogP contribution in [-0.2, 0) is 14.8 Å². The normalized spacial score (nSPS) is 18.4. The Morgan fingerprint density at radius 3 is 2.88 bits per heavy atom. The van der Waals surface area contributed by atoms with Crippen LogP contribution in [0, 0.1) is 0 Å². The van der Waals surface area contributed by atoms with Crippen molar-refractivity contribution in [3.8, 4) is 0 Å². The predicted molar refractivity (Wildman–Crippen MR) is 92.9 cm³/mol. The van der Waals surface area contributed by atoms with E-state index in [4.69, 9.17) is 4.74 Å². The Morgan fingerprint density at radius 1 is 1.33 bits per heavy atom. The molecule has 0 bridgehead atoms. The largest absolute Gasteiger partial charge is 0.375 e. The fraction of sp³-hybridized carbons (Fsp3) is 0.312. The average Bonchev–Trinajstić information content (AvgIpc) is 3.09. The molecule has 2 aromatic rings. The summed E-state index contributed by atoms with van der Waals surface area (Å²) in [5.41, 5.74) is 0.825. The van der Waals surface area contributed by atoms with E-state index in [1.807, 2.05) is 6.92 Å². The SMILES string of the molecule is CC1CN(C(=O)c2cccc(NS(=O)(=O)c3cccs3)c2)CCO1. The predicted octanol–water partition coefficient (Wildman–Crippen LogP) is 2.41. The Bertz CT molecular complexity index is 818. The molecule has 1 aromatic heterocycles. The number of morpholine rings is 1. The highest BCUT2D eigenvalue weighted by Gasteiger charge is 2.23. The second-order valence-electron chi connectivity index (χ2n) is 5.55. The highest BCUT2D eigenvalue weighted by atomic mass is 32.2. The number of amides is 1. The van der Waals surface area contributed by atoms with Gasteiger partial charge in [0.15, 0.2) is 0 Å². The minimum atomic E-state index is -3.62. The zero-order chi connectivity index (χ0) is 17.2. The highest BCUT2D eigenvalue weighted by molar-refractivity contribution is 7.94. The molecule has 2 heterocycles. The van der Waals surface area contributed by atoms with Gasteiger partial charge < -0.3 is 9.64 Å². The molecule has 24 heavy (non-hydrogen) atoms. The molecule has 1 atom stereocenters. The number of benzene rings is 1. The molecule has 0 aliphatic carbocycles. The monoisotopic (exact) mass is 366 g/mol. The van der Waals surface area contributed by atoms with Crippen molar-refractivity contribution in [1.82, 2.24) is 4.90 Å². The number of hydrogen-bond acceptors (Lipinski definition) is 5. The van der Waals surface area contributed by atoms with Crippen LogP contribution in [0.2, 0.25) is 0 Å². The maximum atomic E-state index is 12.6. The first-order valence-electron chi connectivity index (χ1n) is 7.53. The number of ether oxygens (including phenoxy) is 1. The molecule has 1 amide bonds. The van der Waals surface area contributed by atoms with E-state index < -0.39 is 10.0 Å². The van der Waals surface area contributed by atoms with E-state index in [-0.39, 0.29) is 16.2 Å². The van der Waals surface area contributed by atoms with Gasteiger partial charge in [0.05, 0.1) is 12.7 Å². The summed E-state index contributed by atoms with van der Waals surface area (Å²) >= 11 is 1.14. The number of thiophene rings is 1. The molecule has 128 valence electrons. The Balaban J connectivity index is 1.78. The average molecular weight is 366 g/mol. The van der Waals surface area contributed by atoms with Gasteiger partial charge in [-0.2, -0.15) is 0 Å². The van der Waals surface area contributed by atoms with Crippen LogP contribution in [0.1, 0.15) is 17.3 Å². The summed E-state index contributed by atoms with van der Waals surface area (Å²) in [5, 5.41) is 1.70. The standard InChI is InChI=1S/C16H18N2O4S2/c1-12-11-18(7-8-22-12)16(19)13-4-2-5-14(10-13)17-24(20,21)15-6-3-9-23-15/h2-6,9-10,12,17H,7-8,11H2,1H3. The van der Waals surface area contributed by atoms with Crippen molar-refractivity contribution < 1.29 is 17.9 Å². The van der Waals surface area contributed by atoms with Crippen LogP contribution in [0.5, 0.6) is 0 Å². The van der Waals surface area contributed by atoms with E-state index in [1.165, 1.54) is 6.07 Å². The van der Waals surface area contributed by atoms with Crippen LogP contribution < -0.4 is 4.72 Å². The lowest BCUT2D eigenvalue weighted by Crippen LogP contribution is -2.44. The van der Waals surface area contributed by atoms with E-state index in [2.05, 4.69) is 4.72 Å². The van der Waals surface area contributed by atoms with Gasteiger partial charge in [-0.05, 0) is 36.6 Å². The van der Waals surface area contributed by atoms with Gasteiger partial charge in [-0.3, -0.25) is 9.52 Å². The molecule has 1 saturated heterocycles. The molecular weight excluding hydrogens is 348 g/mol. The summed E-state index contributed by atoms with van der Waals surface area (Å²) in [6, 6.07) is 9.77. The van der Waals surface area contributed by atoms with Gasteiger partial charge in [-0.1, -0.05) is 12.1 Å². The van der Waals surface area contributed by atoms with Gasteiger partial charge in [-0.15, -0.1) is 11.3 Å². The van der Waals surface area contributed by atoms with Gasteiger partial charge in [0.2, 0.25) is 0 Å². The van der Waals surface area contributed by atoms with Crippen LogP contribution in [0.4, 0.5) is 5.69 Å². The molecule has 0 radical (unpaired) electrons. The third-order valence-electron chi connectivity index (χ3n) is 3.65. The molecular formula is C16H18N2O4S2. The van der Waals surface area contributed by atoms with E-state index in [0.29, 0.717) is 30.9 Å². The van der Waals surface area contributed by atoms with E-state index in [0.717, 1.165) is 11.3 Å². The molecule has 0 saturated carbocycles. The summed E-state index contributed by atoms with van der Waals surface area (Å²) in [6.07, 6.45) is 0.00298. The Morgan fingerprint density at radius 2 is 2.17 bits per heavy atom. The van der Waals surface area contributed by atoms with Crippen molar-refractivity contribution in [3.63, 3.8) is 0 Å². The molecule has 8 heteroatoms. The molecule has 1 fully saturated rings. The summed E-state index contributed by atoms with van der Waals surface area (Å²) < 4.78 is 32.7. The number of carbonyl (C=O) groups is 1. The lowest BCUT2D eigenvalue weighted by atomic mass is 10.1. The smallest absolute Gasteiger partial charge is 0.271 e. The minimum absolute atomic E-state index is 0.00298. The van der Waals surface area contributed by atoms with Crippen LogP contribution in [0.15, 0.2) is 46.0 Å². The molecule has 3 rings (SSSR count). The van der Waals surface area contributed by atoms with Gasteiger partial charge in [0.1, 0.15) is 4.21 Å². The van der Waals surface area contributed by atoms with Crippen molar-refractivity contribution in [1.29, 1.82) is 0 Å². The van der Waals surface area contributed by atoms with E-state index in [1.54, 1.807) is 40.6 Å². The van der Waals surface area contributed by atoms with Gasteiger partial charge in [0, 0.05) is 24.3 Å². The zero-order valence-corrected chi connectivity index (χ0v) is 14.8. The van der Waals surface area contributed by atoms with Crippen molar-refractivity contribution in [2.75, 3.05) is 24.4 Å². The number of sulfonamides is 1. The number of hydrogen-bond donors (Lipinski definition) is 1. The van der Waals surface area contributed by atoms with Crippen molar-refractivity contribution >= 4 is 33.0 Å². The molecule has 1 aromatic carbocycles. The number of rotatable bonds is 4. The van der Waals surface area contributed by atoms with Crippen molar-refractivity contribution in [2.45, 2.75) is 17.2 Å². The first-order valence-corrected chi connectivity index (χ1v) is 9.89. The fourth-order valence-electron chi connectivity index (χ4n) is 2.52. The zero-order valence-electron chi connectivity index (χ0n) is 13.1. The number of carbonyl (C=O) groups excluding carboxylic acids is 1. The quantitative estimate of drug-likeness (QED) is 0.902. The van der Waals surface area contributed by atoms with Crippen LogP contribution in [0.25, 0.3) is 0 Å². The number of nitrogens with zero attached hydrogens (tertiary/aromatic N) is 1. The molecule has 0 spiro atoms. The summed E-state index contributed by atoms with van der Waals surface area (Å²) in [5.74, 6) is -0.123. The number of nitrogens with one attached hydrogen (secondary N) is 1. The lowest BCUT2D eigenvalue weighted by Gasteiger charge is -2.31. The molecule has 1 N–H and O–H groups in total. The summed E-state index contributed by atoms with van der Waals surface area (Å²) in [7, 11) is -3.62. The van der Waals surface area contributed by atoms with Crippen LogP contribution >= 0.6 is 11.3 Å². The molecule has 1 aliphatic heterocycles. The first kappa shape index (κ1) is 16.9. The van der Waals surface area contributed by atoms with Crippen molar-refractivity contribution in [3.05, 3.63) is 47.3 Å². The lowest BCUT2D eigenvalue weighted by molar-refractivity contribution is -0.0124. The Hall–Kier alpha value is -1.90. The minimum Gasteiger partial charge on any atom is -0.375 e. The summed E-state index contributed by atoms with van der Waals surface area (Å²) in [4.78, 5) is 14.3. The maximum Gasteiger partial charge on any atom is 0.271 e. The van der Waals surface area contributed by atoms with E-state index in [9.17, 15) is 13.2 Å². The Labute approximate surface area is 145 Å². The van der Waals surface area contributed by atoms with Crippen LogP contribution in [-0.4, -0.2) is 45.0 Å². The van der Waals surface area contributed by atoms with Crippen molar-refractivity contribution in [2.24, 2.45) is 0 Å². The third-order valence-corrected chi connectivity index (χ3v) is 6.43. The van der Waals surface area contributed by atoms with E-state index >= 15 is 0 Å². The molecule has 1 aliphatic rings. The topological polar surface area (TPSA) is 75.7 Å². The van der Waals surface area contributed by atoms with Crippen LogP contribution in [0.3, 0.4) is 0 Å².